The molecule has 0 saturated carbocycles. The number of amides is 1. The number of methoxy groups -OCH3 is 1. The van der Waals surface area contributed by atoms with Crippen molar-refractivity contribution < 1.29 is 13.9 Å². The minimum absolute atomic E-state index is 0.212. The van der Waals surface area contributed by atoms with Gasteiger partial charge in [-0.25, -0.2) is 4.39 Å². The molecule has 3 aromatic rings. The summed E-state index contributed by atoms with van der Waals surface area (Å²) in [6.45, 7) is 0.895. The van der Waals surface area contributed by atoms with Crippen molar-refractivity contribution in [2.75, 3.05) is 19.0 Å². The summed E-state index contributed by atoms with van der Waals surface area (Å²) in [5.41, 5.74) is 1.84. The lowest BCUT2D eigenvalue weighted by Crippen LogP contribution is -2.27. The number of hydrogen-bond donors (Lipinski definition) is 2. The van der Waals surface area contributed by atoms with E-state index in [1.807, 2.05) is 24.3 Å². The average molecular weight is 380 g/mol. The lowest BCUT2D eigenvalue weighted by molar-refractivity contribution is 0.0948. The Kier molecular flexibility index (Phi) is 6.51. The van der Waals surface area contributed by atoms with Gasteiger partial charge in [0.25, 0.3) is 5.91 Å². The Hall–Kier alpha value is -3.48. The molecular formula is C21H21FN4O2. The fourth-order valence-electron chi connectivity index (χ4n) is 2.59. The number of anilines is 1. The van der Waals surface area contributed by atoms with Gasteiger partial charge in [0.2, 0.25) is 0 Å². The molecule has 0 aliphatic heterocycles. The maximum Gasteiger partial charge on any atom is 0.271 e. The first-order chi connectivity index (χ1) is 13.7. The van der Waals surface area contributed by atoms with Crippen LogP contribution in [-0.4, -0.2) is 29.8 Å². The molecule has 0 radical (unpaired) electrons. The van der Waals surface area contributed by atoms with Gasteiger partial charge in [0, 0.05) is 13.1 Å². The number of benzene rings is 2. The summed E-state index contributed by atoms with van der Waals surface area (Å²) in [7, 11) is 1.63. The van der Waals surface area contributed by atoms with E-state index in [1.54, 1.807) is 37.4 Å². The van der Waals surface area contributed by atoms with Crippen LogP contribution >= 0.6 is 0 Å². The fraction of sp³-hybridized carbons (Fsp3) is 0.190. The van der Waals surface area contributed by atoms with Gasteiger partial charge in [0.15, 0.2) is 5.69 Å². The van der Waals surface area contributed by atoms with Gasteiger partial charge in [-0.3, -0.25) is 4.79 Å². The van der Waals surface area contributed by atoms with E-state index in [-0.39, 0.29) is 17.4 Å². The first kappa shape index (κ1) is 19.3. The molecule has 0 fully saturated rings. The summed E-state index contributed by atoms with van der Waals surface area (Å²) in [5, 5.41) is 13.8. The first-order valence-corrected chi connectivity index (χ1v) is 8.88. The fourth-order valence-corrected chi connectivity index (χ4v) is 2.59. The highest BCUT2D eigenvalue weighted by molar-refractivity contribution is 5.92. The lowest BCUT2D eigenvalue weighted by atomic mass is 10.1. The van der Waals surface area contributed by atoms with E-state index in [0.29, 0.717) is 30.9 Å². The minimum atomic E-state index is -0.342. The second kappa shape index (κ2) is 9.45. The van der Waals surface area contributed by atoms with E-state index in [0.717, 1.165) is 11.3 Å². The second-order valence-corrected chi connectivity index (χ2v) is 6.10. The molecule has 2 N–H and O–H groups in total. The number of ether oxygens (including phenoxy) is 1. The molecular weight excluding hydrogens is 359 g/mol. The molecule has 144 valence electrons. The standard InChI is InChI=1S/C21H21FN4O2/c1-28-17-8-6-15(7-9-17)14-24-20-11-10-19(25-26-20)21(27)23-13-12-16-4-2-3-5-18(16)22/h2-11H,12-14H2,1H3,(H,23,27)(H,24,26). The molecule has 3 rings (SSSR count). The number of rotatable bonds is 8. The van der Waals surface area contributed by atoms with Crippen molar-refractivity contribution in [3.8, 4) is 5.75 Å². The minimum Gasteiger partial charge on any atom is -0.497 e. The zero-order chi connectivity index (χ0) is 19.8. The normalized spacial score (nSPS) is 10.4. The molecule has 0 saturated heterocycles. The molecule has 1 aromatic heterocycles. The van der Waals surface area contributed by atoms with Crippen LogP contribution in [0, 0.1) is 5.82 Å². The van der Waals surface area contributed by atoms with Crippen LogP contribution in [0.2, 0.25) is 0 Å². The Morgan fingerprint density at radius 1 is 1.04 bits per heavy atom. The molecule has 6 nitrogen and oxygen atoms in total. The second-order valence-electron chi connectivity index (χ2n) is 6.10. The van der Waals surface area contributed by atoms with Crippen LogP contribution in [0.3, 0.4) is 0 Å². The molecule has 0 unspecified atom stereocenters. The van der Waals surface area contributed by atoms with Gasteiger partial charge in [0.05, 0.1) is 7.11 Å². The maximum absolute atomic E-state index is 13.6. The van der Waals surface area contributed by atoms with Crippen molar-refractivity contribution in [1.82, 2.24) is 15.5 Å². The Morgan fingerprint density at radius 3 is 2.50 bits per heavy atom. The number of carbonyl (C=O) groups excluding carboxylic acids is 1. The zero-order valence-corrected chi connectivity index (χ0v) is 15.5. The van der Waals surface area contributed by atoms with Crippen molar-refractivity contribution in [1.29, 1.82) is 0 Å². The summed E-state index contributed by atoms with van der Waals surface area (Å²) >= 11 is 0. The molecule has 0 spiro atoms. The molecule has 0 aliphatic rings. The predicted octanol–water partition coefficient (Wildman–Crippen LogP) is 3.21. The molecule has 0 atom stereocenters. The molecule has 28 heavy (non-hydrogen) atoms. The Balaban J connectivity index is 1.47. The summed E-state index contributed by atoms with van der Waals surface area (Å²) < 4.78 is 18.7. The highest BCUT2D eigenvalue weighted by Crippen LogP contribution is 2.12. The summed E-state index contributed by atoms with van der Waals surface area (Å²) in [6, 6.07) is 17.5. The number of halogens is 1. The van der Waals surface area contributed by atoms with E-state index in [1.165, 1.54) is 6.07 Å². The van der Waals surface area contributed by atoms with Gasteiger partial charge < -0.3 is 15.4 Å². The van der Waals surface area contributed by atoms with Gasteiger partial charge in [-0.15, -0.1) is 10.2 Å². The first-order valence-electron chi connectivity index (χ1n) is 8.88. The van der Waals surface area contributed by atoms with Crippen LogP contribution in [-0.2, 0) is 13.0 Å². The van der Waals surface area contributed by atoms with Gasteiger partial charge in [-0.2, -0.15) is 0 Å². The SMILES string of the molecule is COc1ccc(CNc2ccc(C(=O)NCCc3ccccc3F)nn2)cc1. The van der Waals surface area contributed by atoms with Gasteiger partial charge >= 0.3 is 0 Å². The van der Waals surface area contributed by atoms with Crippen LogP contribution in [0.4, 0.5) is 10.2 Å². The molecule has 1 amide bonds. The Labute approximate surface area is 162 Å². The topological polar surface area (TPSA) is 76.1 Å². The van der Waals surface area contributed by atoms with Crippen LogP contribution in [0.15, 0.2) is 60.7 Å². The zero-order valence-electron chi connectivity index (χ0n) is 15.5. The summed E-state index contributed by atoms with van der Waals surface area (Å²) in [6.07, 6.45) is 0.410. The summed E-state index contributed by atoms with van der Waals surface area (Å²) in [4.78, 5) is 12.1. The molecule has 2 aromatic carbocycles. The molecule has 1 heterocycles. The van der Waals surface area contributed by atoms with E-state index in [9.17, 15) is 9.18 Å². The Bertz CT molecular complexity index is 914. The predicted molar refractivity (Wildman–Crippen MR) is 105 cm³/mol. The van der Waals surface area contributed by atoms with E-state index >= 15 is 0 Å². The van der Waals surface area contributed by atoms with Crippen LogP contribution in [0.5, 0.6) is 5.75 Å². The van der Waals surface area contributed by atoms with Gasteiger partial charge in [-0.1, -0.05) is 30.3 Å². The third-order valence-electron chi connectivity index (χ3n) is 4.17. The van der Waals surface area contributed by atoms with Crippen LogP contribution < -0.4 is 15.4 Å². The van der Waals surface area contributed by atoms with Gasteiger partial charge in [0.1, 0.15) is 17.4 Å². The highest BCUT2D eigenvalue weighted by atomic mass is 19.1. The number of hydrogen-bond acceptors (Lipinski definition) is 5. The smallest absolute Gasteiger partial charge is 0.271 e. The number of nitrogens with zero attached hydrogens (tertiary/aromatic N) is 2. The molecule has 0 aliphatic carbocycles. The third kappa shape index (κ3) is 5.26. The monoisotopic (exact) mass is 380 g/mol. The number of nitrogens with one attached hydrogen (secondary N) is 2. The largest absolute Gasteiger partial charge is 0.497 e. The van der Waals surface area contributed by atoms with Crippen molar-refractivity contribution >= 4 is 11.7 Å². The molecule has 0 bridgehead atoms. The number of aromatic nitrogens is 2. The van der Waals surface area contributed by atoms with Crippen molar-refractivity contribution in [3.05, 3.63) is 83.3 Å². The van der Waals surface area contributed by atoms with Gasteiger partial charge in [-0.05, 0) is 47.9 Å². The maximum atomic E-state index is 13.6. The van der Waals surface area contributed by atoms with E-state index < -0.39 is 0 Å². The van der Waals surface area contributed by atoms with E-state index in [4.69, 9.17) is 4.74 Å². The summed E-state index contributed by atoms with van der Waals surface area (Å²) in [5.74, 6) is 0.752. The molecule has 7 heteroatoms. The van der Waals surface area contributed by atoms with Crippen molar-refractivity contribution in [2.24, 2.45) is 0 Å². The van der Waals surface area contributed by atoms with E-state index in [2.05, 4.69) is 20.8 Å². The quantitative estimate of drug-likeness (QED) is 0.628. The van der Waals surface area contributed by atoms with Crippen molar-refractivity contribution in [2.45, 2.75) is 13.0 Å². The lowest BCUT2D eigenvalue weighted by Gasteiger charge is -2.08. The number of carbonyl (C=O) groups is 1. The van der Waals surface area contributed by atoms with Crippen LogP contribution in [0.1, 0.15) is 21.6 Å². The highest BCUT2D eigenvalue weighted by Gasteiger charge is 2.08. The van der Waals surface area contributed by atoms with Crippen LogP contribution in [0.25, 0.3) is 0 Å². The van der Waals surface area contributed by atoms with Crippen molar-refractivity contribution in [3.63, 3.8) is 0 Å². The average Bonchev–Trinajstić information content (AvgIpc) is 2.74. The third-order valence-corrected chi connectivity index (χ3v) is 4.17. The Morgan fingerprint density at radius 2 is 1.82 bits per heavy atom.